The van der Waals surface area contributed by atoms with Gasteiger partial charge in [-0.1, -0.05) is 90.1 Å². The van der Waals surface area contributed by atoms with Gasteiger partial charge in [0.1, 0.15) is 30.3 Å². The molecule has 5 aromatic rings. The first-order valence-electron chi connectivity index (χ1n) is 14.7. The summed E-state index contributed by atoms with van der Waals surface area (Å²) in [5.74, 6) is -0.411. The van der Waals surface area contributed by atoms with E-state index in [2.05, 4.69) is 25.4 Å². The number of phosphoric acid groups is 1. The summed E-state index contributed by atoms with van der Waals surface area (Å²) in [5, 5.41) is 8.47. The molecule has 248 valence electrons. The summed E-state index contributed by atoms with van der Waals surface area (Å²) in [6.45, 7) is -0.632. The van der Waals surface area contributed by atoms with Crippen molar-refractivity contribution in [2.75, 3.05) is 18.9 Å². The molecule has 15 nitrogen and oxygen atoms in total. The Labute approximate surface area is 274 Å². The van der Waals surface area contributed by atoms with Crippen LogP contribution in [0.15, 0.2) is 103 Å². The van der Waals surface area contributed by atoms with Crippen molar-refractivity contribution in [1.29, 1.82) is 0 Å². The smallest absolute Gasteiger partial charge is 0.386 e. The van der Waals surface area contributed by atoms with Gasteiger partial charge < -0.3 is 35.0 Å². The van der Waals surface area contributed by atoms with Crippen molar-refractivity contribution in [2.24, 2.45) is 5.16 Å². The van der Waals surface area contributed by atoms with Crippen LogP contribution in [-0.4, -0.2) is 66.8 Å². The van der Waals surface area contributed by atoms with Crippen LogP contribution in [0.4, 0.5) is 5.82 Å². The summed E-state index contributed by atoms with van der Waals surface area (Å²) in [4.78, 5) is 49.2. The maximum absolute atomic E-state index is 14.8. The van der Waals surface area contributed by atoms with Crippen LogP contribution in [0.3, 0.4) is 0 Å². The minimum absolute atomic E-state index is 0.0248. The van der Waals surface area contributed by atoms with Gasteiger partial charge in [-0.3, -0.25) is 13.9 Å². The largest absolute Gasteiger partial charge is 0.469 e. The molecule has 0 bridgehead atoms. The molecule has 5 N–H and O–H groups in total. The third-order valence-corrected chi connectivity index (χ3v) is 11.3. The molecule has 0 saturated carbocycles. The summed E-state index contributed by atoms with van der Waals surface area (Å²) < 4.78 is 39.0. The lowest BCUT2D eigenvalue weighted by molar-refractivity contribution is -0.126. The molecule has 1 amide bonds. The van der Waals surface area contributed by atoms with Gasteiger partial charge in [0.05, 0.1) is 12.5 Å². The van der Waals surface area contributed by atoms with E-state index < -0.39 is 45.9 Å². The molecule has 17 heteroatoms. The van der Waals surface area contributed by atoms with Gasteiger partial charge in [-0.05, 0) is 0 Å². The molecule has 3 aromatic carbocycles. The zero-order valence-electron chi connectivity index (χ0n) is 25.2. The predicted molar refractivity (Wildman–Crippen MR) is 178 cm³/mol. The maximum atomic E-state index is 14.8. The number of carbonyl (C=O) groups is 1. The number of hydrogen-bond acceptors (Lipinski definition) is 11. The second-order valence-corrected chi connectivity index (χ2v) is 14.7. The zero-order chi connectivity index (χ0) is 33.7. The van der Waals surface area contributed by atoms with E-state index in [9.17, 15) is 23.7 Å². The first-order valence-corrected chi connectivity index (χ1v) is 17.9. The molecule has 48 heavy (non-hydrogen) atoms. The van der Waals surface area contributed by atoms with Crippen LogP contribution in [-0.2, 0) is 28.0 Å². The van der Waals surface area contributed by atoms with Crippen LogP contribution in [0.1, 0.15) is 18.2 Å². The Hall–Kier alpha value is -4.75. The lowest BCUT2D eigenvalue weighted by atomic mass is 10.2. The van der Waals surface area contributed by atoms with Crippen molar-refractivity contribution in [3.05, 3.63) is 103 Å². The van der Waals surface area contributed by atoms with Crippen molar-refractivity contribution in [1.82, 2.24) is 24.8 Å². The highest BCUT2D eigenvalue weighted by Gasteiger charge is 2.41. The highest BCUT2D eigenvalue weighted by molar-refractivity contribution is 7.85. The monoisotopic (exact) mass is 691 g/mol. The minimum Gasteiger partial charge on any atom is -0.386 e. The molecule has 0 radical (unpaired) electrons. The van der Waals surface area contributed by atoms with Gasteiger partial charge in [0.15, 0.2) is 25.2 Å². The third kappa shape index (κ3) is 7.21. The maximum Gasteiger partial charge on any atom is 0.469 e. The van der Waals surface area contributed by atoms with E-state index in [1.807, 2.05) is 60.7 Å². The number of benzene rings is 3. The van der Waals surface area contributed by atoms with E-state index in [4.69, 9.17) is 19.8 Å². The topological polar surface area (TPSA) is 213 Å². The van der Waals surface area contributed by atoms with Gasteiger partial charge in [0.25, 0.3) is 5.91 Å². The van der Waals surface area contributed by atoms with Crippen LogP contribution in [0, 0.1) is 0 Å². The molecular formula is C31H31N7O8P2. The number of rotatable bonds is 12. The number of aromatic nitrogens is 4. The van der Waals surface area contributed by atoms with Crippen LogP contribution >= 0.6 is 15.0 Å². The van der Waals surface area contributed by atoms with Crippen LogP contribution < -0.4 is 27.0 Å². The SMILES string of the molecule is Nc1ncnc2c1ncn2[C@H]1C[C@H](OP(=O)(O)O)[C@@H](CNC(=O)CO/N=C/c2ccccc2P(=O)(c2ccccc2)c2ccccc2)O1. The lowest BCUT2D eigenvalue weighted by Crippen LogP contribution is -2.39. The van der Waals surface area contributed by atoms with E-state index in [1.165, 1.54) is 18.9 Å². The van der Waals surface area contributed by atoms with E-state index in [-0.39, 0.29) is 18.8 Å². The molecule has 2 aromatic heterocycles. The fourth-order valence-corrected chi connectivity index (χ4v) is 8.87. The summed E-state index contributed by atoms with van der Waals surface area (Å²) >= 11 is 0. The van der Waals surface area contributed by atoms with Gasteiger partial charge >= 0.3 is 7.82 Å². The average Bonchev–Trinajstić information content (AvgIpc) is 3.70. The number of nitrogens with two attached hydrogens (primary N) is 1. The Bertz CT molecular complexity index is 1980. The normalized spacial score (nSPS) is 18.3. The van der Waals surface area contributed by atoms with E-state index in [0.717, 1.165) is 0 Å². The number of fused-ring (bicyclic) bond motifs is 1. The van der Waals surface area contributed by atoms with Gasteiger partial charge in [-0.2, -0.15) is 0 Å². The Morgan fingerprint density at radius 1 is 1.00 bits per heavy atom. The molecule has 1 fully saturated rings. The molecule has 1 aliphatic rings. The third-order valence-electron chi connectivity index (χ3n) is 7.63. The van der Waals surface area contributed by atoms with Gasteiger partial charge in [0.2, 0.25) is 0 Å². The van der Waals surface area contributed by atoms with Gasteiger partial charge in [-0.15, -0.1) is 0 Å². The number of phosphoric ester groups is 1. The summed E-state index contributed by atoms with van der Waals surface area (Å²) in [5.41, 5.74) is 7.13. The fourth-order valence-electron chi connectivity index (χ4n) is 5.46. The molecule has 6 rings (SSSR count). The first kappa shape index (κ1) is 33.2. The molecule has 3 heterocycles. The summed E-state index contributed by atoms with van der Waals surface area (Å²) in [6, 6.07) is 25.5. The zero-order valence-corrected chi connectivity index (χ0v) is 27.0. The second kappa shape index (κ2) is 14.2. The quantitative estimate of drug-likeness (QED) is 0.0840. The first-order chi connectivity index (χ1) is 23.1. The summed E-state index contributed by atoms with van der Waals surface area (Å²) in [7, 11) is -8.18. The summed E-state index contributed by atoms with van der Waals surface area (Å²) in [6.07, 6.45) is 1.33. The van der Waals surface area contributed by atoms with Gasteiger partial charge in [0, 0.05) is 34.4 Å². The predicted octanol–water partition coefficient (Wildman–Crippen LogP) is 1.98. The van der Waals surface area contributed by atoms with Crippen molar-refractivity contribution < 1.29 is 37.8 Å². The number of anilines is 1. The minimum atomic E-state index is -4.89. The Morgan fingerprint density at radius 3 is 2.35 bits per heavy atom. The number of hydrogen-bond donors (Lipinski definition) is 4. The highest BCUT2D eigenvalue weighted by atomic mass is 31.2. The van der Waals surface area contributed by atoms with E-state index in [0.29, 0.717) is 32.6 Å². The molecule has 0 aliphatic carbocycles. The van der Waals surface area contributed by atoms with Crippen molar-refractivity contribution in [2.45, 2.75) is 24.9 Å². The Balaban J connectivity index is 1.11. The number of oxime groups is 1. The van der Waals surface area contributed by atoms with Gasteiger partial charge in [-0.25, -0.2) is 19.5 Å². The number of nitrogens with one attached hydrogen (secondary N) is 1. The van der Waals surface area contributed by atoms with Crippen molar-refractivity contribution >= 4 is 60.0 Å². The molecular weight excluding hydrogens is 660 g/mol. The number of carbonyl (C=O) groups excluding carboxylic acids is 1. The lowest BCUT2D eigenvalue weighted by Gasteiger charge is -2.21. The van der Waals surface area contributed by atoms with Crippen molar-refractivity contribution in [3.8, 4) is 0 Å². The standard InChI is InChI=1S/C31H31N7O8P2/c32-30-29-31(35-19-34-30)38(20-36-29)28-15-24(46-48(41,42)43)25(45-28)17-33-27(39)18-44-37-16-21-9-7-8-14-26(21)47(40,22-10-3-1-4-11-22)23-12-5-2-6-13-23/h1-14,16,19-20,24-25,28H,15,17-18H2,(H,33,39)(H2,32,34,35)(H2,41,42,43)/b37-16+/t24-,25+,28+/m0/s1. The second-order valence-electron chi connectivity index (χ2n) is 10.7. The van der Waals surface area contributed by atoms with Crippen LogP contribution in [0.2, 0.25) is 0 Å². The van der Waals surface area contributed by atoms with Crippen LogP contribution in [0.25, 0.3) is 11.2 Å². The fraction of sp³-hybridized carbons (Fsp3) is 0.194. The Morgan fingerprint density at radius 2 is 1.67 bits per heavy atom. The van der Waals surface area contributed by atoms with E-state index in [1.54, 1.807) is 28.8 Å². The molecule has 1 aliphatic heterocycles. The van der Waals surface area contributed by atoms with Crippen LogP contribution in [0.5, 0.6) is 0 Å². The number of ether oxygens (including phenoxy) is 1. The molecule has 0 spiro atoms. The number of nitrogen functional groups attached to an aromatic ring is 1. The molecule has 1 saturated heterocycles. The average molecular weight is 692 g/mol. The molecule has 3 atom stereocenters. The van der Waals surface area contributed by atoms with E-state index >= 15 is 0 Å². The number of nitrogens with zero attached hydrogens (tertiary/aromatic N) is 5. The number of amides is 1. The highest BCUT2D eigenvalue weighted by Crippen LogP contribution is 2.44. The Kier molecular flexibility index (Phi) is 9.78. The number of imidazole rings is 1. The van der Waals surface area contributed by atoms with Crippen molar-refractivity contribution in [3.63, 3.8) is 0 Å². The molecule has 0 unspecified atom stereocenters.